The summed E-state index contributed by atoms with van der Waals surface area (Å²) in [5.74, 6) is -0.266. The Bertz CT molecular complexity index is 1360. The summed E-state index contributed by atoms with van der Waals surface area (Å²) in [5.41, 5.74) is 3.01. The molecule has 2 amide bonds. The first kappa shape index (κ1) is 27.7. The molecule has 0 aromatic heterocycles. The molecule has 1 atom stereocenters. The van der Waals surface area contributed by atoms with Crippen LogP contribution in [0.2, 0.25) is 0 Å². The number of likely N-dealkylation sites (N-methyl/N-ethyl adjacent to an activating group) is 1. The summed E-state index contributed by atoms with van der Waals surface area (Å²) >= 11 is 0. The fourth-order valence-electron chi connectivity index (χ4n) is 3.89. The molecular formula is C28H33N3O5S. The van der Waals surface area contributed by atoms with E-state index in [1.54, 1.807) is 62.6 Å². The van der Waals surface area contributed by atoms with Crippen LogP contribution in [0.3, 0.4) is 0 Å². The van der Waals surface area contributed by atoms with Crippen molar-refractivity contribution in [1.29, 1.82) is 0 Å². The van der Waals surface area contributed by atoms with E-state index < -0.39 is 28.5 Å². The molecule has 0 aliphatic heterocycles. The average molecular weight is 524 g/mol. The quantitative estimate of drug-likeness (QED) is 0.438. The zero-order valence-electron chi connectivity index (χ0n) is 21.8. The van der Waals surface area contributed by atoms with E-state index in [9.17, 15) is 18.0 Å². The van der Waals surface area contributed by atoms with Crippen LogP contribution < -0.4 is 14.4 Å². The normalized spacial score (nSPS) is 11.9. The van der Waals surface area contributed by atoms with Crippen molar-refractivity contribution in [1.82, 2.24) is 10.2 Å². The van der Waals surface area contributed by atoms with Crippen molar-refractivity contribution < 1.29 is 22.7 Å². The summed E-state index contributed by atoms with van der Waals surface area (Å²) in [6.07, 6.45) is 0. The van der Waals surface area contributed by atoms with Crippen LogP contribution in [-0.4, -0.2) is 51.9 Å². The fourth-order valence-corrected chi connectivity index (χ4v) is 5.32. The summed E-state index contributed by atoms with van der Waals surface area (Å²) in [6, 6.07) is 19.6. The van der Waals surface area contributed by atoms with E-state index in [1.165, 1.54) is 24.1 Å². The number of carbonyl (C=O) groups is 2. The molecule has 0 aliphatic rings. The van der Waals surface area contributed by atoms with Gasteiger partial charge in [-0.2, -0.15) is 0 Å². The van der Waals surface area contributed by atoms with Crippen molar-refractivity contribution in [3.05, 3.63) is 89.5 Å². The SMILES string of the molecule is CNC(=O)[C@H](C)N(Cc1cccc(OC)c1)C(=O)CN(c1ccc(C)c(C)c1)S(=O)(=O)c1ccccc1. The predicted molar refractivity (Wildman–Crippen MR) is 144 cm³/mol. The van der Waals surface area contributed by atoms with Gasteiger partial charge in [0.2, 0.25) is 11.8 Å². The molecular weight excluding hydrogens is 490 g/mol. The Labute approximate surface area is 218 Å². The van der Waals surface area contributed by atoms with Gasteiger partial charge in [0.05, 0.1) is 17.7 Å². The fraction of sp³-hybridized carbons (Fsp3) is 0.286. The molecule has 3 aromatic rings. The van der Waals surface area contributed by atoms with Gasteiger partial charge in [-0.1, -0.05) is 36.4 Å². The number of aryl methyl sites for hydroxylation is 2. The molecule has 0 heterocycles. The second-order valence-corrected chi connectivity index (χ2v) is 10.6. The largest absolute Gasteiger partial charge is 0.497 e. The third-order valence-corrected chi connectivity index (χ3v) is 8.08. The van der Waals surface area contributed by atoms with Gasteiger partial charge in [-0.15, -0.1) is 0 Å². The van der Waals surface area contributed by atoms with Crippen LogP contribution in [-0.2, 0) is 26.2 Å². The maximum absolute atomic E-state index is 13.8. The van der Waals surface area contributed by atoms with Gasteiger partial charge >= 0.3 is 0 Å². The molecule has 0 saturated carbocycles. The number of hydrogen-bond acceptors (Lipinski definition) is 5. The van der Waals surface area contributed by atoms with Gasteiger partial charge in [0.1, 0.15) is 18.3 Å². The third kappa shape index (κ3) is 6.48. The summed E-state index contributed by atoms with van der Waals surface area (Å²) < 4.78 is 33.9. The van der Waals surface area contributed by atoms with E-state index in [4.69, 9.17) is 4.74 Å². The minimum Gasteiger partial charge on any atom is -0.497 e. The first-order valence-electron chi connectivity index (χ1n) is 11.9. The number of anilines is 1. The predicted octanol–water partition coefficient (Wildman–Crippen LogP) is 3.67. The minimum absolute atomic E-state index is 0.0692. The van der Waals surface area contributed by atoms with Crippen LogP contribution in [0.5, 0.6) is 5.75 Å². The topological polar surface area (TPSA) is 96.0 Å². The summed E-state index contributed by atoms with van der Waals surface area (Å²) in [7, 11) is -1.04. The highest BCUT2D eigenvalue weighted by Crippen LogP contribution is 2.26. The van der Waals surface area contributed by atoms with Crippen LogP contribution in [0.15, 0.2) is 77.7 Å². The molecule has 0 radical (unpaired) electrons. The second kappa shape index (κ2) is 11.9. The Kier molecular flexibility index (Phi) is 8.94. The summed E-state index contributed by atoms with van der Waals surface area (Å²) in [4.78, 5) is 27.8. The Balaban J connectivity index is 2.05. The maximum atomic E-state index is 13.8. The van der Waals surface area contributed by atoms with Gasteiger partial charge in [0.25, 0.3) is 10.0 Å². The summed E-state index contributed by atoms with van der Waals surface area (Å²) in [5, 5.41) is 2.57. The number of benzene rings is 3. The number of carbonyl (C=O) groups excluding carboxylic acids is 2. The van der Waals surface area contributed by atoms with Crippen molar-refractivity contribution in [2.24, 2.45) is 0 Å². The monoisotopic (exact) mass is 523 g/mol. The van der Waals surface area contributed by atoms with Crippen LogP contribution in [0, 0.1) is 13.8 Å². The number of rotatable bonds is 10. The molecule has 8 nitrogen and oxygen atoms in total. The van der Waals surface area contributed by atoms with Crippen molar-refractivity contribution in [3.8, 4) is 5.75 Å². The Hall–Kier alpha value is -3.85. The number of nitrogens with one attached hydrogen (secondary N) is 1. The highest BCUT2D eigenvalue weighted by atomic mass is 32.2. The lowest BCUT2D eigenvalue weighted by atomic mass is 10.1. The summed E-state index contributed by atoms with van der Waals surface area (Å²) in [6.45, 7) is 5.04. The lowest BCUT2D eigenvalue weighted by Gasteiger charge is -2.32. The maximum Gasteiger partial charge on any atom is 0.264 e. The molecule has 3 aromatic carbocycles. The van der Waals surface area contributed by atoms with Gasteiger partial charge in [0.15, 0.2) is 0 Å². The molecule has 0 bridgehead atoms. The van der Waals surface area contributed by atoms with Crippen LogP contribution in [0.4, 0.5) is 5.69 Å². The van der Waals surface area contributed by atoms with Crippen LogP contribution in [0.25, 0.3) is 0 Å². The lowest BCUT2D eigenvalue weighted by Crippen LogP contribution is -2.50. The second-order valence-electron chi connectivity index (χ2n) is 8.76. The molecule has 0 fully saturated rings. The molecule has 0 aliphatic carbocycles. The van der Waals surface area contributed by atoms with Crippen molar-refractivity contribution >= 4 is 27.5 Å². The molecule has 0 saturated heterocycles. The smallest absolute Gasteiger partial charge is 0.264 e. The molecule has 9 heteroatoms. The Morgan fingerprint density at radius 2 is 1.65 bits per heavy atom. The van der Waals surface area contributed by atoms with Crippen LogP contribution in [0.1, 0.15) is 23.6 Å². The van der Waals surface area contributed by atoms with E-state index in [1.807, 2.05) is 26.0 Å². The van der Waals surface area contributed by atoms with E-state index in [0.717, 1.165) is 21.0 Å². The Morgan fingerprint density at radius 1 is 0.946 bits per heavy atom. The first-order chi connectivity index (χ1) is 17.6. The number of methoxy groups -OCH3 is 1. The third-order valence-electron chi connectivity index (χ3n) is 6.29. The molecule has 3 rings (SSSR count). The van der Waals surface area contributed by atoms with Crippen molar-refractivity contribution in [3.63, 3.8) is 0 Å². The highest BCUT2D eigenvalue weighted by Gasteiger charge is 2.32. The molecule has 37 heavy (non-hydrogen) atoms. The Morgan fingerprint density at radius 3 is 2.27 bits per heavy atom. The lowest BCUT2D eigenvalue weighted by molar-refractivity contribution is -0.139. The highest BCUT2D eigenvalue weighted by molar-refractivity contribution is 7.92. The standard InChI is InChI=1S/C28H33N3O5S/c1-20-14-15-24(16-21(20)2)31(37(34,35)26-12-7-6-8-13-26)19-27(32)30(22(3)28(33)29-4)18-23-10-9-11-25(17-23)36-5/h6-17,22H,18-19H2,1-5H3,(H,29,33)/t22-/m0/s1. The van der Waals surface area contributed by atoms with Gasteiger partial charge in [-0.05, 0) is 73.9 Å². The number of sulfonamides is 1. The molecule has 0 unspecified atom stereocenters. The van der Waals surface area contributed by atoms with Gasteiger partial charge in [0, 0.05) is 13.6 Å². The van der Waals surface area contributed by atoms with E-state index >= 15 is 0 Å². The van der Waals surface area contributed by atoms with Crippen molar-refractivity contribution in [2.45, 2.75) is 38.3 Å². The molecule has 0 spiro atoms. The number of amides is 2. The van der Waals surface area contributed by atoms with Crippen molar-refractivity contribution in [2.75, 3.05) is 25.0 Å². The van der Waals surface area contributed by atoms with Gasteiger partial charge < -0.3 is 15.0 Å². The van der Waals surface area contributed by atoms with E-state index in [-0.39, 0.29) is 17.3 Å². The number of hydrogen-bond donors (Lipinski definition) is 1. The van der Waals surface area contributed by atoms with E-state index in [0.29, 0.717) is 11.4 Å². The molecule has 196 valence electrons. The van der Waals surface area contributed by atoms with Gasteiger partial charge in [-0.3, -0.25) is 13.9 Å². The minimum atomic E-state index is -4.08. The number of ether oxygens (including phenoxy) is 1. The zero-order valence-corrected chi connectivity index (χ0v) is 22.6. The van der Waals surface area contributed by atoms with E-state index in [2.05, 4.69) is 5.32 Å². The van der Waals surface area contributed by atoms with Crippen LogP contribution >= 0.6 is 0 Å². The zero-order chi connectivity index (χ0) is 27.2. The first-order valence-corrected chi connectivity index (χ1v) is 13.3. The molecule has 1 N–H and O–H groups in total. The van der Waals surface area contributed by atoms with Gasteiger partial charge in [-0.25, -0.2) is 8.42 Å². The average Bonchev–Trinajstić information content (AvgIpc) is 2.91. The number of nitrogens with zero attached hydrogens (tertiary/aromatic N) is 2.